The Morgan fingerprint density at radius 2 is 1.84 bits per heavy atom. The number of pyridine rings is 1. The lowest BCUT2D eigenvalue weighted by molar-refractivity contribution is -0.144. The Labute approximate surface area is 183 Å². The standard InChI is InChI=1S/C24H32N4O3/c29-23(18-9-13-27(14-10-18)24(30)21-4-2-16-31-21)26-19-5-7-20(8-6-19)28-15-11-17-3-1-12-25-22(17)28/h1,3,11-12,15,18-21H,2,4-10,13-14,16H2,(H,26,29). The summed E-state index contributed by atoms with van der Waals surface area (Å²) in [4.78, 5) is 31.8. The third kappa shape index (κ3) is 4.33. The van der Waals surface area contributed by atoms with Crippen molar-refractivity contribution in [2.75, 3.05) is 19.7 Å². The SMILES string of the molecule is O=C(NC1CCC(n2ccc3cccnc32)CC1)C1CCN(C(=O)C2CCCO2)CC1. The molecular formula is C24H32N4O3. The molecule has 0 spiro atoms. The lowest BCUT2D eigenvalue weighted by Gasteiger charge is -2.35. The van der Waals surface area contributed by atoms with Crippen LogP contribution < -0.4 is 5.32 Å². The van der Waals surface area contributed by atoms with Gasteiger partial charge in [-0.05, 0) is 69.6 Å². The first kappa shape index (κ1) is 20.5. The average molecular weight is 425 g/mol. The molecule has 4 heterocycles. The minimum absolute atomic E-state index is 0.0175. The number of rotatable bonds is 4. The summed E-state index contributed by atoms with van der Waals surface area (Å²) in [6, 6.07) is 6.91. The van der Waals surface area contributed by atoms with Gasteiger partial charge in [0.25, 0.3) is 5.91 Å². The molecule has 2 aromatic rings. The number of nitrogens with one attached hydrogen (secondary N) is 1. The van der Waals surface area contributed by atoms with Crippen LogP contribution >= 0.6 is 0 Å². The van der Waals surface area contributed by atoms with Crippen LogP contribution in [0.25, 0.3) is 11.0 Å². The van der Waals surface area contributed by atoms with Crippen LogP contribution in [0.5, 0.6) is 0 Å². The molecule has 166 valence electrons. The van der Waals surface area contributed by atoms with Gasteiger partial charge in [0.15, 0.2) is 0 Å². The van der Waals surface area contributed by atoms with Crippen LogP contribution in [0.3, 0.4) is 0 Å². The second kappa shape index (κ2) is 8.99. The molecule has 1 saturated carbocycles. The van der Waals surface area contributed by atoms with E-state index < -0.39 is 0 Å². The molecule has 0 radical (unpaired) electrons. The van der Waals surface area contributed by atoms with Crippen molar-refractivity contribution in [2.45, 2.75) is 69.6 Å². The monoisotopic (exact) mass is 424 g/mol. The Morgan fingerprint density at radius 3 is 2.58 bits per heavy atom. The van der Waals surface area contributed by atoms with Gasteiger partial charge in [0.2, 0.25) is 5.91 Å². The van der Waals surface area contributed by atoms with Crippen LogP contribution in [-0.2, 0) is 14.3 Å². The maximum atomic E-state index is 12.8. The lowest BCUT2D eigenvalue weighted by atomic mass is 9.89. The molecule has 1 atom stereocenters. The topological polar surface area (TPSA) is 76.5 Å². The van der Waals surface area contributed by atoms with E-state index in [9.17, 15) is 9.59 Å². The smallest absolute Gasteiger partial charge is 0.251 e. The molecule has 2 amide bonds. The number of carbonyl (C=O) groups is 2. The first-order chi connectivity index (χ1) is 15.2. The zero-order chi connectivity index (χ0) is 21.2. The summed E-state index contributed by atoms with van der Waals surface area (Å²) in [5.74, 6) is 0.298. The van der Waals surface area contributed by atoms with E-state index in [-0.39, 0.29) is 29.9 Å². The van der Waals surface area contributed by atoms with E-state index in [0.717, 1.165) is 57.0 Å². The van der Waals surface area contributed by atoms with Crippen LogP contribution in [0.4, 0.5) is 0 Å². The van der Waals surface area contributed by atoms with Gasteiger partial charge >= 0.3 is 0 Å². The third-order valence-electron chi connectivity index (χ3n) is 7.30. The largest absolute Gasteiger partial charge is 0.368 e. The van der Waals surface area contributed by atoms with Crippen molar-refractivity contribution >= 4 is 22.8 Å². The maximum Gasteiger partial charge on any atom is 0.251 e. The first-order valence-electron chi connectivity index (χ1n) is 11.8. The molecule has 1 unspecified atom stereocenters. The summed E-state index contributed by atoms with van der Waals surface area (Å²) in [7, 11) is 0. The molecule has 0 aromatic carbocycles. The molecule has 1 N–H and O–H groups in total. The van der Waals surface area contributed by atoms with Gasteiger partial charge in [-0.1, -0.05) is 0 Å². The number of hydrogen-bond acceptors (Lipinski definition) is 4. The van der Waals surface area contributed by atoms with Crippen molar-refractivity contribution in [3.63, 3.8) is 0 Å². The second-order valence-electron chi connectivity index (χ2n) is 9.25. The van der Waals surface area contributed by atoms with E-state index in [1.165, 1.54) is 5.39 Å². The molecule has 1 aliphatic carbocycles. The molecule has 2 aliphatic heterocycles. The van der Waals surface area contributed by atoms with Gasteiger partial charge in [-0.15, -0.1) is 0 Å². The lowest BCUT2D eigenvalue weighted by Crippen LogP contribution is -2.48. The van der Waals surface area contributed by atoms with E-state index in [1.54, 1.807) is 0 Å². The Morgan fingerprint density at radius 1 is 1.03 bits per heavy atom. The molecule has 5 rings (SSSR count). The Hall–Kier alpha value is -2.41. The average Bonchev–Trinajstić information content (AvgIpc) is 3.50. The minimum Gasteiger partial charge on any atom is -0.368 e. The van der Waals surface area contributed by atoms with Gasteiger partial charge in [0, 0.05) is 55.5 Å². The molecule has 3 fully saturated rings. The number of fused-ring (bicyclic) bond motifs is 1. The van der Waals surface area contributed by atoms with Gasteiger partial charge in [-0.2, -0.15) is 0 Å². The van der Waals surface area contributed by atoms with Gasteiger partial charge < -0.3 is 19.5 Å². The van der Waals surface area contributed by atoms with Crippen molar-refractivity contribution in [3.05, 3.63) is 30.6 Å². The highest BCUT2D eigenvalue weighted by atomic mass is 16.5. The van der Waals surface area contributed by atoms with Crippen molar-refractivity contribution in [1.29, 1.82) is 0 Å². The van der Waals surface area contributed by atoms with E-state index in [2.05, 4.69) is 33.2 Å². The molecule has 0 bridgehead atoms. The summed E-state index contributed by atoms with van der Waals surface area (Å²) in [6.45, 7) is 2.02. The summed E-state index contributed by atoms with van der Waals surface area (Å²) in [5.41, 5.74) is 1.05. The predicted octanol–water partition coefficient (Wildman–Crippen LogP) is 3.05. The molecule has 31 heavy (non-hydrogen) atoms. The normalized spacial score (nSPS) is 27.5. The fraction of sp³-hybridized carbons (Fsp3) is 0.625. The van der Waals surface area contributed by atoms with E-state index in [4.69, 9.17) is 4.74 Å². The highest BCUT2D eigenvalue weighted by molar-refractivity contribution is 5.82. The van der Waals surface area contributed by atoms with Crippen LogP contribution in [-0.4, -0.2) is 58.1 Å². The molecule has 7 nitrogen and oxygen atoms in total. The quantitative estimate of drug-likeness (QED) is 0.819. The maximum absolute atomic E-state index is 12.8. The number of ether oxygens (including phenoxy) is 1. The van der Waals surface area contributed by atoms with E-state index in [1.807, 2.05) is 17.2 Å². The van der Waals surface area contributed by atoms with Crippen LogP contribution in [0.2, 0.25) is 0 Å². The van der Waals surface area contributed by atoms with Gasteiger partial charge in [-0.3, -0.25) is 9.59 Å². The molecule has 2 saturated heterocycles. The molecule has 7 heteroatoms. The highest BCUT2D eigenvalue weighted by Gasteiger charge is 2.33. The minimum atomic E-state index is -0.256. The number of likely N-dealkylation sites (tertiary alicyclic amines) is 1. The number of hydrogen-bond donors (Lipinski definition) is 1. The number of piperidine rings is 1. The van der Waals surface area contributed by atoms with Gasteiger partial charge in [0.1, 0.15) is 11.8 Å². The van der Waals surface area contributed by atoms with E-state index >= 15 is 0 Å². The van der Waals surface area contributed by atoms with Crippen LogP contribution in [0, 0.1) is 5.92 Å². The summed E-state index contributed by atoms with van der Waals surface area (Å²) >= 11 is 0. The van der Waals surface area contributed by atoms with Crippen molar-refractivity contribution in [2.24, 2.45) is 5.92 Å². The van der Waals surface area contributed by atoms with Crippen molar-refractivity contribution in [3.8, 4) is 0 Å². The van der Waals surface area contributed by atoms with E-state index in [0.29, 0.717) is 25.7 Å². The summed E-state index contributed by atoms with van der Waals surface area (Å²) < 4.78 is 7.83. The summed E-state index contributed by atoms with van der Waals surface area (Å²) in [5, 5.41) is 4.48. The molecule has 3 aliphatic rings. The van der Waals surface area contributed by atoms with Crippen LogP contribution in [0.1, 0.15) is 57.4 Å². The highest BCUT2D eigenvalue weighted by Crippen LogP contribution is 2.31. The third-order valence-corrected chi connectivity index (χ3v) is 7.30. The zero-order valence-electron chi connectivity index (χ0n) is 18.0. The van der Waals surface area contributed by atoms with Crippen molar-refractivity contribution in [1.82, 2.24) is 19.8 Å². The number of carbonyl (C=O) groups excluding carboxylic acids is 2. The Bertz CT molecular complexity index is 920. The fourth-order valence-electron chi connectivity index (χ4n) is 5.44. The fourth-order valence-corrected chi connectivity index (χ4v) is 5.44. The molecule has 2 aromatic heterocycles. The zero-order valence-corrected chi connectivity index (χ0v) is 18.0. The number of aromatic nitrogens is 2. The predicted molar refractivity (Wildman–Crippen MR) is 117 cm³/mol. The van der Waals surface area contributed by atoms with Crippen molar-refractivity contribution < 1.29 is 14.3 Å². The van der Waals surface area contributed by atoms with Crippen LogP contribution in [0.15, 0.2) is 30.6 Å². The number of amides is 2. The second-order valence-corrected chi connectivity index (χ2v) is 9.25. The van der Waals surface area contributed by atoms with Gasteiger partial charge in [0.05, 0.1) is 0 Å². The Balaban J connectivity index is 1.08. The Kier molecular flexibility index (Phi) is 5.94. The first-order valence-corrected chi connectivity index (χ1v) is 11.8. The summed E-state index contributed by atoms with van der Waals surface area (Å²) in [6.07, 6.45) is 11.1. The molecular weight excluding hydrogens is 392 g/mol. The number of nitrogens with zero attached hydrogens (tertiary/aromatic N) is 3. The van der Waals surface area contributed by atoms with Gasteiger partial charge in [-0.25, -0.2) is 4.98 Å².